The van der Waals surface area contributed by atoms with Crippen molar-refractivity contribution in [3.63, 3.8) is 0 Å². The van der Waals surface area contributed by atoms with Gasteiger partial charge in [-0.15, -0.1) is 0 Å². The maximum atomic E-state index is 11.9. The van der Waals surface area contributed by atoms with Gasteiger partial charge in [-0.1, -0.05) is 13.8 Å². The molecule has 1 aliphatic rings. The average Bonchev–Trinajstić information content (AvgIpc) is 2.66. The number of likely N-dealkylation sites (tertiary alicyclic amines) is 1. The Bertz CT molecular complexity index is 295. The molecule has 1 saturated heterocycles. The Morgan fingerprint density at radius 2 is 2.18 bits per heavy atom. The fourth-order valence-electron chi connectivity index (χ4n) is 2.11. The maximum Gasteiger partial charge on any atom is 0.326 e. The summed E-state index contributed by atoms with van der Waals surface area (Å²) in [5, 5.41) is 20.5. The first kappa shape index (κ1) is 13.8. The highest BCUT2D eigenvalue weighted by atomic mass is 16.4. The van der Waals surface area contributed by atoms with Crippen LogP contribution in [0.25, 0.3) is 0 Å². The number of nitrogens with one attached hydrogen (secondary N) is 1. The minimum atomic E-state index is -1.03. The second-order valence-corrected chi connectivity index (χ2v) is 4.46. The van der Waals surface area contributed by atoms with Gasteiger partial charge in [0.05, 0.1) is 12.6 Å². The van der Waals surface area contributed by atoms with Crippen LogP contribution in [0.4, 0.5) is 4.79 Å². The number of aliphatic hydroxyl groups is 1. The van der Waals surface area contributed by atoms with E-state index >= 15 is 0 Å². The van der Waals surface area contributed by atoms with Crippen molar-refractivity contribution >= 4 is 12.0 Å². The molecular formula is C11H20N2O4. The van der Waals surface area contributed by atoms with Crippen LogP contribution in [-0.4, -0.2) is 52.3 Å². The van der Waals surface area contributed by atoms with Crippen LogP contribution in [0.15, 0.2) is 0 Å². The molecule has 0 saturated carbocycles. The van der Waals surface area contributed by atoms with Crippen LogP contribution in [0.2, 0.25) is 0 Å². The predicted molar refractivity (Wildman–Crippen MR) is 61.6 cm³/mol. The lowest BCUT2D eigenvalue weighted by molar-refractivity contribution is -0.139. The molecule has 0 radical (unpaired) electrons. The van der Waals surface area contributed by atoms with Crippen molar-refractivity contribution in [3.8, 4) is 0 Å². The third kappa shape index (κ3) is 3.09. The molecule has 6 heteroatoms. The summed E-state index contributed by atoms with van der Waals surface area (Å²) in [5.74, 6) is -0.788. The number of carbonyl (C=O) groups excluding carboxylic acids is 1. The summed E-state index contributed by atoms with van der Waals surface area (Å²) >= 11 is 0. The minimum absolute atomic E-state index is 0.0849. The molecule has 0 aromatic carbocycles. The zero-order valence-corrected chi connectivity index (χ0v) is 10.2. The van der Waals surface area contributed by atoms with Crippen molar-refractivity contribution in [2.45, 2.75) is 38.8 Å². The van der Waals surface area contributed by atoms with E-state index in [1.165, 1.54) is 4.90 Å². The van der Waals surface area contributed by atoms with Gasteiger partial charge in [-0.25, -0.2) is 9.59 Å². The van der Waals surface area contributed by atoms with Crippen LogP contribution in [-0.2, 0) is 4.79 Å². The average molecular weight is 244 g/mol. The molecule has 0 spiro atoms. The molecule has 1 rings (SSSR count). The third-order valence-electron chi connectivity index (χ3n) is 3.33. The quantitative estimate of drug-likeness (QED) is 0.661. The van der Waals surface area contributed by atoms with Crippen LogP contribution < -0.4 is 5.32 Å². The number of hydrogen-bond acceptors (Lipinski definition) is 3. The summed E-state index contributed by atoms with van der Waals surface area (Å²) < 4.78 is 0. The standard InChI is InChI=1S/C11H20N2O4/c1-3-8(10(15)16)12-11(17)13-5-4-7(2)9(13)6-14/h7-9,14H,3-6H2,1-2H3,(H,12,17)(H,15,16). The largest absolute Gasteiger partial charge is 0.480 e. The number of urea groups is 1. The van der Waals surface area contributed by atoms with Crippen LogP contribution >= 0.6 is 0 Å². The molecule has 0 aromatic heterocycles. The molecule has 6 nitrogen and oxygen atoms in total. The first-order valence-corrected chi connectivity index (χ1v) is 5.92. The summed E-state index contributed by atoms with van der Waals surface area (Å²) in [7, 11) is 0. The van der Waals surface area contributed by atoms with Gasteiger partial charge in [0.25, 0.3) is 0 Å². The maximum absolute atomic E-state index is 11.9. The first-order valence-electron chi connectivity index (χ1n) is 5.92. The number of carboxylic acids is 1. The van der Waals surface area contributed by atoms with Gasteiger partial charge in [-0.3, -0.25) is 0 Å². The van der Waals surface area contributed by atoms with Gasteiger partial charge in [0.1, 0.15) is 6.04 Å². The Kier molecular flexibility index (Phi) is 4.74. The second kappa shape index (κ2) is 5.86. The molecule has 98 valence electrons. The zero-order chi connectivity index (χ0) is 13.0. The molecule has 0 aromatic rings. The van der Waals surface area contributed by atoms with Gasteiger partial charge < -0.3 is 20.4 Å². The number of nitrogens with zero attached hydrogens (tertiary/aromatic N) is 1. The lowest BCUT2D eigenvalue weighted by Crippen LogP contribution is -2.50. The van der Waals surface area contributed by atoms with E-state index in [1.54, 1.807) is 6.92 Å². The van der Waals surface area contributed by atoms with E-state index in [0.717, 1.165) is 6.42 Å². The Morgan fingerprint density at radius 3 is 2.65 bits per heavy atom. The number of aliphatic carboxylic acids is 1. The van der Waals surface area contributed by atoms with Crippen molar-refractivity contribution in [1.82, 2.24) is 10.2 Å². The van der Waals surface area contributed by atoms with Crippen LogP contribution in [0, 0.1) is 5.92 Å². The van der Waals surface area contributed by atoms with Gasteiger partial charge in [-0.2, -0.15) is 0 Å². The van der Waals surface area contributed by atoms with E-state index < -0.39 is 18.0 Å². The highest BCUT2D eigenvalue weighted by Gasteiger charge is 2.35. The molecule has 1 aliphatic heterocycles. The van der Waals surface area contributed by atoms with Crippen molar-refractivity contribution in [2.24, 2.45) is 5.92 Å². The molecule has 1 fully saturated rings. The minimum Gasteiger partial charge on any atom is -0.480 e. The monoisotopic (exact) mass is 244 g/mol. The van der Waals surface area contributed by atoms with Gasteiger partial charge in [0, 0.05) is 6.54 Å². The molecule has 3 unspecified atom stereocenters. The summed E-state index contributed by atoms with van der Waals surface area (Å²) in [4.78, 5) is 24.2. The summed E-state index contributed by atoms with van der Waals surface area (Å²) in [5.41, 5.74) is 0. The SMILES string of the molecule is CCC(NC(=O)N1CCC(C)C1CO)C(=O)O. The topological polar surface area (TPSA) is 89.9 Å². The highest BCUT2D eigenvalue weighted by Crippen LogP contribution is 2.23. The van der Waals surface area contributed by atoms with Crippen molar-refractivity contribution in [3.05, 3.63) is 0 Å². The molecule has 0 bridgehead atoms. The van der Waals surface area contributed by atoms with Crippen molar-refractivity contribution < 1.29 is 19.8 Å². The van der Waals surface area contributed by atoms with E-state index in [1.807, 2.05) is 6.92 Å². The lowest BCUT2D eigenvalue weighted by atomic mass is 10.0. The summed E-state index contributed by atoms with van der Waals surface area (Å²) in [6.07, 6.45) is 1.18. The second-order valence-electron chi connectivity index (χ2n) is 4.46. The number of carboxylic acid groups (broad SMARTS) is 1. The van der Waals surface area contributed by atoms with Gasteiger partial charge >= 0.3 is 12.0 Å². The van der Waals surface area contributed by atoms with Gasteiger partial charge in [-0.05, 0) is 18.8 Å². The molecule has 0 aliphatic carbocycles. The number of rotatable bonds is 4. The molecule has 2 amide bonds. The fourth-order valence-corrected chi connectivity index (χ4v) is 2.11. The Morgan fingerprint density at radius 1 is 1.53 bits per heavy atom. The summed E-state index contributed by atoms with van der Waals surface area (Å²) in [6.45, 7) is 4.16. The lowest BCUT2D eigenvalue weighted by Gasteiger charge is -2.26. The number of aliphatic hydroxyl groups excluding tert-OH is 1. The van der Waals surface area contributed by atoms with Crippen LogP contribution in [0.1, 0.15) is 26.7 Å². The van der Waals surface area contributed by atoms with Gasteiger partial charge in [0.2, 0.25) is 0 Å². The molecule has 3 atom stereocenters. The van der Waals surface area contributed by atoms with Crippen molar-refractivity contribution in [1.29, 1.82) is 0 Å². The third-order valence-corrected chi connectivity index (χ3v) is 3.33. The van der Waals surface area contributed by atoms with Gasteiger partial charge in [0.15, 0.2) is 0 Å². The molecular weight excluding hydrogens is 224 g/mol. The molecule has 3 N–H and O–H groups in total. The van der Waals surface area contributed by atoms with Crippen LogP contribution in [0.3, 0.4) is 0 Å². The smallest absolute Gasteiger partial charge is 0.326 e. The van der Waals surface area contributed by atoms with Crippen molar-refractivity contribution in [2.75, 3.05) is 13.2 Å². The Hall–Kier alpha value is -1.30. The number of hydrogen-bond donors (Lipinski definition) is 3. The normalized spacial score (nSPS) is 25.7. The zero-order valence-electron chi connectivity index (χ0n) is 10.2. The molecule has 17 heavy (non-hydrogen) atoms. The molecule has 1 heterocycles. The first-order chi connectivity index (χ1) is 8.01. The van der Waals surface area contributed by atoms with E-state index in [2.05, 4.69) is 5.32 Å². The number of carbonyl (C=O) groups is 2. The Balaban J connectivity index is 2.61. The number of amides is 2. The fraction of sp³-hybridized carbons (Fsp3) is 0.818. The van der Waals surface area contributed by atoms with E-state index in [-0.39, 0.29) is 18.6 Å². The highest BCUT2D eigenvalue weighted by molar-refractivity contribution is 5.82. The van der Waals surface area contributed by atoms with E-state index in [0.29, 0.717) is 13.0 Å². The van der Waals surface area contributed by atoms with Crippen LogP contribution in [0.5, 0.6) is 0 Å². The van der Waals surface area contributed by atoms with E-state index in [9.17, 15) is 14.7 Å². The van der Waals surface area contributed by atoms with E-state index in [4.69, 9.17) is 5.11 Å². The summed E-state index contributed by atoms with van der Waals surface area (Å²) in [6, 6.07) is -1.47. The Labute approximate surface area is 101 Å². The predicted octanol–water partition coefficient (Wildman–Crippen LogP) is 0.262.